The number of hydrogen-bond acceptors (Lipinski definition) is 3. The highest BCUT2D eigenvalue weighted by atomic mass is 32.2. The minimum atomic E-state index is -3.79. The predicted octanol–water partition coefficient (Wildman–Crippen LogP) is 4.60. The summed E-state index contributed by atoms with van der Waals surface area (Å²) >= 11 is 0. The van der Waals surface area contributed by atoms with Crippen LogP contribution in [0.4, 0.5) is 5.69 Å². The molecule has 1 atom stereocenters. The molecule has 3 aromatic rings. The summed E-state index contributed by atoms with van der Waals surface area (Å²) in [5.74, 6) is -0.274. The van der Waals surface area contributed by atoms with E-state index in [2.05, 4.69) is 16.1 Å². The molecular formula is C24H24N2O3S. The second kappa shape index (κ2) is 8.32. The lowest BCUT2D eigenvalue weighted by Crippen LogP contribution is -2.31. The van der Waals surface area contributed by atoms with Gasteiger partial charge in [-0.15, -0.1) is 0 Å². The van der Waals surface area contributed by atoms with Crippen molar-refractivity contribution in [3.8, 4) is 0 Å². The van der Waals surface area contributed by atoms with Gasteiger partial charge < -0.3 is 5.32 Å². The van der Waals surface area contributed by atoms with Gasteiger partial charge in [0.2, 0.25) is 0 Å². The molecule has 1 aliphatic carbocycles. The van der Waals surface area contributed by atoms with E-state index in [9.17, 15) is 13.2 Å². The Bertz CT molecular complexity index is 1170. The van der Waals surface area contributed by atoms with Crippen molar-refractivity contribution < 1.29 is 13.2 Å². The molecule has 0 bridgehead atoms. The van der Waals surface area contributed by atoms with E-state index in [1.54, 1.807) is 24.3 Å². The maximum absolute atomic E-state index is 12.9. The van der Waals surface area contributed by atoms with E-state index in [1.807, 2.05) is 37.3 Å². The van der Waals surface area contributed by atoms with Crippen molar-refractivity contribution >= 4 is 21.6 Å². The third-order valence-electron chi connectivity index (χ3n) is 5.39. The van der Waals surface area contributed by atoms with Crippen molar-refractivity contribution in [1.82, 2.24) is 5.32 Å². The highest BCUT2D eigenvalue weighted by Gasteiger charge is 2.23. The Kier molecular flexibility index (Phi) is 5.59. The Hall–Kier alpha value is -3.12. The summed E-state index contributed by atoms with van der Waals surface area (Å²) in [6.45, 7) is 1.94. The van der Waals surface area contributed by atoms with Gasteiger partial charge >= 0.3 is 0 Å². The summed E-state index contributed by atoms with van der Waals surface area (Å²) in [6, 6.07) is 21.3. The Morgan fingerprint density at radius 1 is 0.967 bits per heavy atom. The van der Waals surface area contributed by atoms with Crippen LogP contribution < -0.4 is 10.0 Å². The molecule has 0 heterocycles. The summed E-state index contributed by atoms with van der Waals surface area (Å²) < 4.78 is 28.1. The highest BCUT2D eigenvalue weighted by Crippen LogP contribution is 2.29. The summed E-state index contributed by atoms with van der Waals surface area (Å²) in [7, 11) is -3.79. The normalized spacial score (nSPS) is 15.8. The topological polar surface area (TPSA) is 75.3 Å². The fourth-order valence-electron chi connectivity index (χ4n) is 3.79. The molecule has 0 spiro atoms. The largest absolute Gasteiger partial charge is 0.345 e. The van der Waals surface area contributed by atoms with E-state index < -0.39 is 10.0 Å². The molecule has 0 saturated heterocycles. The van der Waals surface area contributed by atoms with Gasteiger partial charge in [0.05, 0.1) is 10.9 Å². The van der Waals surface area contributed by atoms with Crippen LogP contribution in [0.15, 0.2) is 77.7 Å². The van der Waals surface area contributed by atoms with Crippen LogP contribution in [-0.2, 0) is 16.4 Å². The first kappa shape index (κ1) is 20.2. The Balaban J connectivity index is 1.53. The molecule has 30 heavy (non-hydrogen) atoms. The summed E-state index contributed by atoms with van der Waals surface area (Å²) in [5.41, 5.74) is 4.24. The van der Waals surface area contributed by atoms with Crippen molar-refractivity contribution in [1.29, 1.82) is 0 Å². The van der Waals surface area contributed by atoms with E-state index >= 15 is 0 Å². The van der Waals surface area contributed by atoms with Crippen molar-refractivity contribution in [2.24, 2.45) is 0 Å². The van der Waals surface area contributed by atoms with Gasteiger partial charge in [-0.05, 0) is 67.6 Å². The van der Waals surface area contributed by atoms with Crippen LogP contribution in [0.3, 0.4) is 0 Å². The molecule has 0 radical (unpaired) electrons. The zero-order valence-electron chi connectivity index (χ0n) is 16.8. The molecule has 0 unspecified atom stereocenters. The Morgan fingerprint density at radius 3 is 2.53 bits per heavy atom. The number of carbonyl (C=O) groups is 1. The van der Waals surface area contributed by atoms with Crippen molar-refractivity contribution in [3.05, 3.63) is 95.1 Å². The smallest absolute Gasteiger partial charge is 0.261 e. The number of rotatable bonds is 5. The van der Waals surface area contributed by atoms with Crippen LogP contribution in [0.5, 0.6) is 0 Å². The van der Waals surface area contributed by atoms with Crippen molar-refractivity contribution in [2.75, 3.05) is 4.72 Å². The molecule has 6 heteroatoms. The molecule has 0 aromatic heterocycles. The van der Waals surface area contributed by atoms with E-state index in [0.717, 1.165) is 30.4 Å². The third kappa shape index (κ3) is 4.39. The molecular weight excluding hydrogens is 396 g/mol. The zero-order chi connectivity index (χ0) is 21.1. The van der Waals surface area contributed by atoms with Gasteiger partial charge in [0.25, 0.3) is 15.9 Å². The first-order valence-corrected chi connectivity index (χ1v) is 11.5. The van der Waals surface area contributed by atoms with Crippen LogP contribution in [0.2, 0.25) is 0 Å². The lowest BCUT2D eigenvalue weighted by Gasteiger charge is -2.26. The van der Waals surface area contributed by atoms with Gasteiger partial charge in [-0.2, -0.15) is 0 Å². The lowest BCUT2D eigenvalue weighted by molar-refractivity contribution is 0.0932. The summed E-state index contributed by atoms with van der Waals surface area (Å²) in [5, 5.41) is 3.07. The maximum atomic E-state index is 12.9. The van der Waals surface area contributed by atoms with Crippen LogP contribution in [0.1, 0.15) is 45.9 Å². The Labute approximate surface area is 177 Å². The molecule has 1 aliphatic rings. The van der Waals surface area contributed by atoms with Gasteiger partial charge in [0.1, 0.15) is 0 Å². The molecule has 3 aromatic carbocycles. The van der Waals surface area contributed by atoms with Gasteiger partial charge in [0, 0.05) is 11.3 Å². The number of anilines is 1. The average molecular weight is 421 g/mol. The first-order chi connectivity index (χ1) is 14.4. The van der Waals surface area contributed by atoms with E-state index in [-0.39, 0.29) is 16.8 Å². The van der Waals surface area contributed by atoms with Gasteiger partial charge in [0.15, 0.2) is 0 Å². The minimum Gasteiger partial charge on any atom is -0.345 e. The number of fused-ring (bicyclic) bond motifs is 1. The summed E-state index contributed by atoms with van der Waals surface area (Å²) in [6.07, 6.45) is 2.90. The Morgan fingerprint density at radius 2 is 1.73 bits per heavy atom. The molecule has 4 rings (SSSR count). The van der Waals surface area contributed by atoms with Crippen LogP contribution in [-0.4, -0.2) is 14.3 Å². The number of nitrogens with one attached hydrogen (secondary N) is 2. The van der Waals surface area contributed by atoms with E-state index in [0.29, 0.717) is 11.3 Å². The quantitative estimate of drug-likeness (QED) is 0.633. The van der Waals surface area contributed by atoms with E-state index in [4.69, 9.17) is 0 Å². The number of benzene rings is 3. The van der Waals surface area contributed by atoms with Gasteiger partial charge in [-0.25, -0.2) is 8.42 Å². The molecule has 154 valence electrons. The molecule has 0 fully saturated rings. The van der Waals surface area contributed by atoms with Gasteiger partial charge in [-0.1, -0.05) is 48.0 Å². The average Bonchev–Trinajstić information content (AvgIpc) is 2.75. The van der Waals surface area contributed by atoms with E-state index in [1.165, 1.54) is 17.7 Å². The van der Waals surface area contributed by atoms with Crippen LogP contribution in [0.25, 0.3) is 0 Å². The number of hydrogen-bond donors (Lipinski definition) is 2. The molecule has 5 nitrogen and oxygen atoms in total. The predicted molar refractivity (Wildman–Crippen MR) is 118 cm³/mol. The first-order valence-electron chi connectivity index (χ1n) is 10.0. The number of aryl methyl sites for hydroxylation is 2. The molecule has 2 N–H and O–H groups in total. The fraction of sp³-hybridized carbons (Fsp3) is 0.208. The van der Waals surface area contributed by atoms with Crippen molar-refractivity contribution in [2.45, 2.75) is 37.1 Å². The fourth-order valence-corrected chi connectivity index (χ4v) is 4.89. The lowest BCUT2D eigenvalue weighted by atomic mass is 9.87. The van der Waals surface area contributed by atoms with Crippen molar-refractivity contribution in [3.63, 3.8) is 0 Å². The zero-order valence-corrected chi connectivity index (χ0v) is 17.6. The number of carbonyl (C=O) groups excluding carboxylic acids is 1. The molecule has 0 saturated carbocycles. The van der Waals surface area contributed by atoms with Gasteiger partial charge in [-0.3, -0.25) is 9.52 Å². The number of amides is 1. The molecule has 1 amide bonds. The van der Waals surface area contributed by atoms with Crippen LogP contribution in [0, 0.1) is 6.92 Å². The SMILES string of the molecule is Cc1ccc(NS(=O)(=O)c2cccc(C(=O)N[C@H]3CCCc4ccccc43)c2)cc1. The summed E-state index contributed by atoms with van der Waals surface area (Å²) in [4.78, 5) is 12.9. The third-order valence-corrected chi connectivity index (χ3v) is 6.76. The highest BCUT2D eigenvalue weighted by molar-refractivity contribution is 7.92. The number of sulfonamides is 1. The second-order valence-corrected chi connectivity index (χ2v) is 9.30. The maximum Gasteiger partial charge on any atom is 0.261 e. The van der Waals surface area contributed by atoms with Crippen LogP contribution >= 0.6 is 0 Å². The standard InChI is InChI=1S/C24H24N2O3S/c1-17-12-14-20(15-13-17)26-30(28,29)21-9-4-8-19(16-21)24(27)25-23-11-5-7-18-6-2-3-10-22(18)23/h2-4,6,8-10,12-16,23,26H,5,7,11H2,1H3,(H,25,27)/t23-/m0/s1. The molecule has 0 aliphatic heterocycles. The minimum absolute atomic E-state index is 0.0553. The monoisotopic (exact) mass is 420 g/mol. The second-order valence-electron chi connectivity index (χ2n) is 7.62.